The van der Waals surface area contributed by atoms with Crippen LogP contribution in [-0.2, 0) is 0 Å². The van der Waals surface area contributed by atoms with Gasteiger partial charge in [-0.2, -0.15) is 16.7 Å². The standard InChI is InChI=1S/C12H22N4S/c1-4-13-12-15-9-10(3)11(16-12)14-7-6-8-17-5-2/h9H,4-8H2,1-3H3,(H2,13,14,15,16). The minimum Gasteiger partial charge on any atom is -0.370 e. The Bertz CT molecular complexity index is 330. The molecule has 0 aliphatic rings. The van der Waals surface area contributed by atoms with Crippen molar-refractivity contribution in [3.05, 3.63) is 11.8 Å². The lowest BCUT2D eigenvalue weighted by Gasteiger charge is -2.09. The Hall–Kier alpha value is -0.970. The molecule has 17 heavy (non-hydrogen) atoms. The van der Waals surface area contributed by atoms with Crippen molar-refractivity contribution in [2.24, 2.45) is 0 Å². The van der Waals surface area contributed by atoms with Gasteiger partial charge in [0.2, 0.25) is 5.95 Å². The van der Waals surface area contributed by atoms with Crippen LogP contribution in [0.1, 0.15) is 25.8 Å². The van der Waals surface area contributed by atoms with E-state index >= 15 is 0 Å². The van der Waals surface area contributed by atoms with Crippen LogP contribution in [-0.4, -0.2) is 34.6 Å². The van der Waals surface area contributed by atoms with Gasteiger partial charge < -0.3 is 10.6 Å². The minimum absolute atomic E-state index is 0.698. The molecule has 4 nitrogen and oxygen atoms in total. The molecule has 1 aromatic rings. The maximum absolute atomic E-state index is 4.44. The second-order valence-electron chi connectivity index (χ2n) is 3.73. The zero-order chi connectivity index (χ0) is 12.5. The van der Waals surface area contributed by atoms with E-state index < -0.39 is 0 Å². The van der Waals surface area contributed by atoms with Crippen molar-refractivity contribution in [1.29, 1.82) is 0 Å². The van der Waals surface area contributed by atoms with E-state index in [1.165, 1.54) is 17.9 Å². The van der Waals surface area contributed by atoms with Crippen molar-refractivity contribution in [2.45, 2.75) is 27.2 Å². The van der Waals surface area contributed by atoms with Crippen molar-refractivity contribution in [3.8, 4) is 0 Å². The van der Waals surface area contributed by atoms with Gasteiger partial charge in [-0.1, -0.05) is 6.92 Å². The highest BCUT2D eigenvalue weighted by atomic mass is 32.2. The Balaban J connectivity index is 2.42. The van der Waals surface area contributed by atoms with Gasteiger partial charge in [-0.05, 0) is 31.8 Å². The van der Waals surface area contributed by atoms with Crippen LogP contribution in [0.4, 0.5) is 11.8 Å². The van der Waals surface area contributed by atoms with Crippen molar-refractivity contribution < 1.29 is 0 Å². The SMILES string of the molecule is CCNc1ncc(C)c(NCCCSCC)n1. The number of aromatic nitrogens is 2. The number of nitrogens with one attached hydrogen (secondary N) is 2. The maximum atomic E-state index is 4.44. The fraction of sp³-hybridized carbons (Fsp3) is 0.667. The lowest BCUT2D eigenvalue weighted by atomic mass is 10.3. The summed E-state index contributed by atoms with van der Waals surface area (Å²) in [6.07, 6.45) is 3.02. The molecule has 5 heteroatoms. The smallest absolute Gasteiger partial charge is 0.224 e. The second kappa shape index (κ2) is 8.17. The van der Waals surface area contributed by atoms with E-state index in [2.05, 4.69) is 27.5 Å². The molecular weight excluding hydrogens is 232 g/mol. The van der Waals surface area contributed by atoms with Gasteiger partial charge >= 0.3 is 0 Å². The first kappa shape index (κ1) is 14.1. The van der Waals surface area contributed by atoms with Crippen molar-refractivity contribution in [2.75, 3.05) is 35.2 Å². The fourth-order valence-corrected chi connectivity index (χ4v) is 2.03. The molecule has 1 heterocycles. The molecule has 1 aromatic heterocycles. The van der Waals surface area contributed by atoms with Gasteiger partial charge in [0, 0.05) is 24.8 Å². The molecule has 2 N–H and O–H groups in total. The van der Waals surface area contributed by atoms with Gasteiger partial charge in [-0.25, -0.2) is 4.98 Å². The van der Waals surface area contributed by atoms with Crippen LogP contribution < -0.4 is 10.6 Å². The summed E-state index contributed by atoms with van der Waals surface area (Å²) in [5.74, 6) is 4.03. The number of hydrogen-bond acceptors (Lipinski definition) is 5. The first-order valence-electron chi connectivity index (χ1n) is 6.17. The first-order chi connectivity index (χ1) is 8.27. The highest BCUT2D eigenvalue weighted by Gasteiger charge is 2.02. The number of anilines is 2. The summed E-state index contributed by atoms with van der Waals surface area (Å²) in [6, 6.07) is 0. The number of rotatable bonds is 8. The number of aryl methyl sites for hydroxylation is 1. The Labute approximate surface area is 108 Å². The topological polar surface area (TPSA) is 49.8 Å². The number of nitrogens with zero attached hydrogens (tertiary/aromatic N) is 2. The van der Waals surface area contributed by atoms with Gasteiger partial charge in [0.15, 0.2) is 0 Å². The molecule has 0 unspecified atom stereocenters. The van der Waals surface area contributed by atoms with E-state index in [-0.39, 0.29) is 0 Å². The molecule has 0 amide bonds. The Morgan fingerprint density at radius 3 is 2.82 bits per heavy atom. The second-order valence-corrected chi connectivity index (χ2v) is 5.13. The van der Waals surface area contributed by atoms with Gasteiger partial charge in [0.05, 0.1) is 0 Å². The summed E-state index contributed by atoms with van der Waals surface area (Å²) < 4.78 is 0. The molecule has 0 radical (unpaired) electrons. The number of hydrogen-bond donors (Lipinski definition) is 2. The van der Waals surface area contributed by atoms with Crippen LogP contribution >= 0.6 is 11.8 Å². The predicted octanol–water partition coefficient (Wildman–Crippen LogP) is 2.77. The van der Waals surface area contributed by atoms with Gasteiger partial charge in [0.1, 0.15) is 5.82 Å². The van der Waals surface area contributed by atoms with Crippen molar-refractivity contribution >= 4 is 23.5 Å². The van der Waals surface area contributed by atoms with Gasteiger partial charge in [-0.3, -0.25) is 0 Å². The summed E-state index contributed by atoms with van der Waals surface area (Å²) in [4.78, 5) is 8.66. The van der Waals surface area contributed by atoms with Crippen LogP contribution in [0.3, 0.4) is 0 Å². The predicted molar refractivity (Wildman–Crippen MR) is 77.0 cm³/mol. The third-order valence-electron chi connectivity index (χ3n) is 2.27. The molecule has 0 saturated heterocycles. The molecule has 0 aliphatic carbocycles. The van der Waals surface area contributed by atoms with Crippen molar-refractivity contribution in [3.63, 3.8) is 0 Å². The van der Waals surface area contributed by atoms with Crippen LogP contribution in [0.25, 0.3) is 0 Å². The van der Waals surface area contributed by atoms with Crippen LogP contribution in [0, 0.1) is 6.92 Å². The Morgan fingerprint density at radius 1 is 1.29 bits per heavy atom. The minimum atomic E-state index is 0.698. The van der Waals surface area contributed by atoms with Crippen LogP contribution in [0.2, 0.25) is 0 Å². The van der Waals surface area contributed by atoms with Crippen LogP contribution in [0.15, 0.2) is 6.20 Å². The summed E-state index contributed by atoms with van der Waals surface area (Å²) in [6.45, 7) is 8.07. The third-order valence-corrected chi connectivity index (χ3v) is 3.25. The highest BCUT2D eigenvalue weighted by molar-refractivity contribution is 7.99. The van der Waals surface area contributed by atoms with E-state index in [9.17, 15) is 0 Å². The molecule has 0 spiro atoms. The van der Waals surface area contributed by atoms with E-state index in [4.69, 9.17) is 0 Å². The Morgan fingerprint density at radius 2 is 2.12 bits per heavy atom. The first-order valence-corrected chi connectivity index (χ1v) is 7.32. The zero-order valence-corrected chi connectivity index (χ0v) is 11.7. The molecular formula is C12H22N4S. The molecule has 0 fully saturated rings. The van der Waals surface area contributed by atoms with Crippen LogP contribution in [0.5, 0.6) is 0 Å². The summed E-state index contributed by atoms with van der Waals surface area (Å²) in [5.41, 5.74) is 1.09. The maximum Gasteiger partial charge on any atom is 0.224 e. The van der Waals surface area contributed by atoms with Crippen molar-refractivity contribution in [1.82, 2.24) is 9.97 Å². The molecule has 1 rings (SSSR count). The molecule has 0 bridgehead atoms. The Kier molecular flexibility index (Phi) is 6.77. The third kappa shape index (κ3) is 5.26. The number of thioether (sulfide) groups is 1. The van der Waals surface area contributed by atoms with E-state index in [0.29, 0.717) is 5.95 Å². The summed E-state index contributed by atoms with van der Waals surface area (Å²) in [7, 11) is 0. The molecule has 0 aliphatic heterocycles. The largest absolute Gasteiger partial charge is 0.370 e. The fourth-order valence-electron chi connectivity index (χ4n) is 1.39. The summed E-state index contributed by atoms with van der Waals surface area (Å²) in [5, 5.41) is 6.49. The molecule has 0 aromatic carbocycles. The summed E-state index contributed by atoms with van der Waals surface area (Å²) >= 11 is 1.97. The van der Waals surface area contributed by atoms with Gasteiger partial charge in [-0.15, -0.1) is 0 Å². The zero-order valence-electron chi connectivity index (χ0n) is 10.9. The quantitative estimate of drug-likeness (QED) is 0.699. The lowest BCUT2D eigenvalue weighted by Crippen LogP contribution is -2.09. The average Bonchev–Trinajstić information content (AvgIpc) is 2.33. The van der Waals surface area contributed by atoms with Gasteiger partial charge in [0.25, 0.3) is 0 Å². The lowest BCUT2D eigenvalue weighted by molar-refractivity contribution is 0.966. The van der Waals surface area contributed by atoms with E-state index in [1.54, 1.807) is 0 Å². The normalized spacial score (nSPS) is 10.3. The molecule has 96 valence electrons. The molecule has 0 saturated carbocycles. The highest BCUT2D eigenvalue weighted by Crippen LogP contribution is 2.12. The van der Waals surface area contributed by atoms with E-state index in [1.807, 2.05) is 31.8 Å². The average molecular weight is 254 g/mol. The monoisotopic (exact) mass is 254 g/mol. The molecule has 0 atom stereocenters. The van der Waals surface area contributed by atoms with E-state index in [0.717, 1.165) is 24.5 Å².